The third-order valence-electron chi connectivity index (χ3n) is 2.47. The number of nitrogens with one attached hydrogen (secondary N) is 1. The molecule has 76 valence electrons. The van der Waals surface area contributed by atoms with Crippen molar-refractivity contribution in [2.24, 2.45) is 0 Å². The number of hydrogen-bond donors (Lipinski definition) is 1. The minimum atomic E-state index is -0.226. The summed E-state index contributed by atoms with van der Waals surface area (Å²) in [4.78, 5) is 11.0. The van der Waals surface area contributed by atoms with E-state index in [0.29, 0.717) is 11.6 Å². The lowest BCUT2D eigenvalue weighted by Crippen LogP contribution is -2.16. The number of anilines is 1. The fraction of sp³-hybridized carbons (Fsp3) is 0.556. The van der Waals surface area contributed by atoms with Crippen LogP contribution >= 0.6 is 11.6 Å². The number of carbonyl (C=O) groups excluding carboxylic acids is 1. The van der Waals surface area contributed by atoms with E-state index >= 15 is 0 Å². The Kier molecular flexibility index (Phi) is 2.72. The molecule has 0 radical (unpaired) electrons. The SMILES string of the molecule is O=C(CCl)Nc1cnoc1C1CCC1. The Bertz CT molecular complexity index is 333. The van der Waals surface area contributed by atoms with Crippen LogP contribution in [0.3, 0.4) is 0 Å². The zero-order valence-corrected chi connectivity index (χ0v) is 8.38. The molecule has 1 aromatic heterocycles. The van der Waals surface area contributed by atoms with Crippen LogP contribution in [0.5, 0.6) is 0 Å². The summed E-state index contributed by atoms with van der Waals surface area (Å²) in [5.41, 5.74) is 0.667. The molecule has 5 heteroatoms. The Hall–Kier alpha value is -1.03. The number of aromatic nitrogens is 1. The molecule has 1 aliphatic rings. The molecular weight excluding hydrogens is 204 g/mol. The number of nitrogens with zero attached hydrogens (tertiary/aromatic N) is 1. The molecule has 1 heterocycles. The third-order valence-corrected chi connectivity index (χ3v) is 2.71. The highest BCUT2D eigenvalue weighted by atomic mass is 35.5. The smallest absolute Gasteiger partial charge is 0.239 e. The molecule has 0 bridgehead atoms. The van der Waals surface area contributed by atoms with Crippen molar-refractivity contribution in [3.8, 4) is 0 Å². The van der Waals surface area contributed by atoms with E-state index in [9.17, 15) is 4.79 Å². The van der Waals surface area contributed by atoms with Gasteiger partial charge in [-0.1, -0.05) is 11.6 Å². The second-order valence-corrected chi connectivity index (χ2v) is 3.68. The zero-order valence-electron chi connectivity index (χ0n) is 7.62. The first-order chi connectivity index (χ1) is 6.81. The van der Waals surface area contributed by atoms with Gasteiger partial charge in [-0.2, -0.15) is 0 Å². The van der Waals surface area contributed by atoms with Crippen LogP contribution < -0.4 is 5.32 Å². The molecule has 0 atom stereocenters. The van der Waals surface area contributed by atoms with Gasteiger partial charge in [0.1, 0.15) is 11.6 Å². The average Bonchev–Trinajstić information content (AvgIpc) is 2.50. The van der Waals surface area contributed by atoms with E-state index in [4.69, 9.17) is 16.1 Å². The fourth-order valence-corrected chi connectivity index (χ4v) is 1.56. The summed E-state index contributed by atoms with van der Waals surface area (Å²) in [7, 11) is 0. The van der Waals surface area contributed by atoms with E-state index in [1.54, 1.807) is 0 Å². The molecule has 0 aliphatic heterocycles. The minimum absolute atomic E-state index is 0.0463. The van der Waals surface area contributed by atoms with Crippen LogP contribution in [0.25, 0.3) is 0 Å². The lowest BCUT2D eigenvalue weighted by atomic mass is 9.83. The maximum absolute atomic E-state index is 11.0. The summed E-state index contributed by atoms with van der Waals surface area (Å²) in [6, 6.07) is 0. The summed E-state index contributed by atoms with van der Waals surface area (Å²) in [6.45, 7) is 0. The van der Waals surface area contributed by atoms with Gasteiger partial charge in [0, 0.05) is 5.92 Å². The first kappa shape index (κ1) is 9.52. The van der Waals surface area contributed by atoms with E-state index in [1.165, 1.54) is 12.6 Å². The quantitative estimate of drug-likeness (QED) is 0.785. The van der Waals surface area contributed by atoms with E-state index in [2.05, 4.69) is 10.5 Å². The maximum Gasteiger partial charge on any atom is 0.239 e. The van der Waals surface area contributed by atoms with Gasteiger partial charge in [0.2, 0.25) is 5.91 Å². The van der Waals surface area contributed by atoms with Gasteiger partial charge in [0.05, 0.1) is 6.20 Å². The first-order valence-electron chi connectivity index (χ1n) is 4.61. The Labute approximate surface area is 86.6 Å². The largest absolute Gasteiger partial charge is 0.359 e. The van der Waals surface area contributed by atoms with E-state index in [0.717, 1.165) is 18.6 Å². The van der Waals surface area contributed by atoms with Crippen molar-refractivity contribution >= 4 is 23.2 Å². The summed E-state index contributed by atoms with van der Waals surface area (Å²) in [5.74, 6) is 0.934. The van der Waals surface area contributed by atoms with Gasteiger partial charge >= 0.3 is 0 Å². The summed E-state index contributed by atoms with van der Waals surface area (Å²) < 4.78 is 5.11. The fourth-order valence-electron chi connectivity index (χ4n) is 1.49. The van der Waals surface area contributed by atoms with Crippen LogP contribution in [0.15, 0.2) is 10.7 Å². The Morgan fingerprint density at radius 3 is 3.07 bits per heavy atom. The van der Waals surface area contributed by atoms with Gasteiger partial charge in [-0.3, -0.25) is 4.79 Å². The molecule has 0 unspecified atom stereocenters. The van der Waals surface area contributed by atoms with E-state index in [-0.39, 0.29) is 11.8 Å². The monoisotopic (exact) mass is 214 g/mol. The highest BCUT2D eigenvalue weighted by Crippen LogP contribution is 2.39. The van der Waals surface area contributed by atoms with Crippen LogP contribution in [0.1, 0.15) is 30.9 Å². The summed E-state index contributed by atoms with van der Waals surface area (Å²) >= 11 is 5.39. The van der Waals surface area contributed by atoms with Crippen LogP contribution in [-0.2, 0) is 4.79 Å². The minimum Gasteiger partial charge on any atom is -0.359 e. The average molecular weight is 215 g/mol. The van der Waals surface area contributed by atoms with Gasteiger partial charge in [0.25, 0.3) is 0 Å². The first-order valence-corrected chi connectivity index (χ1v) is 5.15. The molecule has 1 aromatic rings. The van der Waals surface area contributed by atoms with Crippen molar-refractivity contribution in [3.05, 3.63) is 12.0 Å². The van der Waals surface area contributed by atoms with Gasteiger partial charge < -0.3 is 9.84 Å². The Morgan fingerprint density at radius 2 is 2.50 bits per heavy atom. The number of alkyl halides is 1. The standard InChI is InChI=1S/C9H11ClN2O2/c10-4-8(13)12-7-5-11-14-9(7)6-2-1-3-6/h5-6H,1-4H2,(H,12,13). The highest BCUT2D eigenvalue weighted by Gasteiger charge is 2.26. The molecular formula is C9H11ClN2O2. The predicted octanol–water partition coefficient (Wildman–Crippen LogP) is 2.12. The molecule has 1 saturated carbocycles. The van der Waals surface area contributed by atoms with Crippen molar-refractivity contribution in [1.29, 1.82) is 0 Å². The molecule has 4 nitrogen and oxygen atoms in total. The van der Waals surface area contributed by atoms with Crippen LogP contribution in [0.2, 0.25) is 0 Å². The lowest BCUT2D eigenvalue weighted by molar-refractivity contribution is -0.113. The third kappa shape index (κ3) is 1.75. The maximum atomic E-state index is 11.0. The number of halogens is 1. The Balaban J connectivity index is 2.08. The zero-order chi connectivity index (χ0) is 9.97. The van der Waals surface area contributed by atoms with Crippen molar-refractivity contribution < 1.29 is 9.32 Å². The topological polar surface area (TPSA) is 55.1 Å². The second kappa shape index (κ2) is 4.00. The second-order valence-electron chi connectivity index (χ2n) is 3.41. The number of rotatable bonds is 3. The molecule has 0 saturated heterocycles. The van der Waals surface area contributed by atoms with Gasteiger partial charge in [-0.15, -0.1) is 11.6 Å². The predicted molar refractivity (Wildman–Crippen MR) is 52.4 cm³/mol. The van der Waals surface area contributed by atoms with Crippen LogP contribution in [0.4, 0.5) is 5.69 Å². The molecule has 0 aromatic carbocycles. The molecule has 2 rings (SSSR count). The van der Waals surface area contributed by atoms with Crippen molar-refractivity contribution in [2.75, 3.05) is 11.2 Å². The van der Waals surface area contributed by atoms with Crippen LogP contribution in [0, 0.1) is 0 Å². The molecule has 1 amide bonds. The highest BCUT2D eigenvalue weighted by molar-refractivity contribution is 6.29. The number of hydrogen-bond acceptors (Lipinski definition) is 3. The Morgan fingerprint density at radius 1 is 1.71 bits per heavy atom. The van der Waals surface area contributed by atoms with E-state index in [1.807, 2.05) is 0 Å². The summed E-state index contributed by atoms with van der Waals surface area (Å²) in [5, 5.41) is 6.34. The molecule has 14 heavy (non-hydrogen) atoms. The molecule has 0 spiro atoms. The van der Waals surface area contributed by atoms with Crippen molar-refractivity contribution in [3.63, 3.8) is 0 Å². The summed E-state index contributed by atoms with van der Waals surface area (Å²) in [6.07, 6.45) is 4.96. The van der Waals surface area contributed by atoms with Crippen LogP contribution in [-0.4, -0.2) is 16.9 Å². The van der Waals surface area contributed by atoms with Gasteiger partial charge in [-0.25, -0.2) is 0 Å². The molecule has 1 fully saturated rings. The normalized spacial score (nSPS) is 16.4. The van der Waals surface area contributed by atoms with E-state index < -0.39 is 0 Å². The van der Waals surface area contributed by atoms with Crippen molar-refractivity contribution in [1.82, 2.24) is 5.16 Å². The molecule has 1 N–H and O–H groups in total. The van der Waals surface area contributed by atoms with Gasteiger partial charge in [0.15, 0.2) is 5.76 Å². The van der Waals surface area contributed by atoms with Crippen molar-refractivity contribution in [2.45, 2.75) is 25.2 Å². The molecule has 1 aliphatic carbocycles. The lowest BCUT2D eigenvalue weighted by Gasteiger charge is -2.23. The van der Waals surface area contributed by atoms with Gasteiger partial charge in [-0.05, 0) is 12.8 Å². The number of carbonyl (C=O) groups is 1. The number of amides is 1.